The number of nitrogens with zero attached hydrogens (tertiary/aromatic N) is 1. The first kappa shape index (κ1) is 13.5. The van der Waals surface area contributed by atoms with Gasteiger partial charge in [0.1, 0.15) is 6.17 Å². The third-order valence-electron chi connectivity index (χ3n) is 3.21. The SMILES string of the molecule is CCOCC(C)N1C(=O)C(C)NC1c1ccsc1. The van der Waals surface area contributed by atoms with Crippen molar-refractivity contribution in [3.05, 3.63) is 22.4 Å². The Labute approximate surface area is 112 Å². The van der Waals surface area contributed by atoms with Gasteiger partial charge in [-0.05, 0) is 43.2 Å². The smallest absolute Gasteiger partial charge is 0.241 e. The topological polar surface area (TPSA) is 41.6 Å². The van der Waals surface area contributed by atoms with Crippen LogP contribution in [0, 0.1) is 0 Å². The average molecular weight is 268 g/mol. The average Bonchev–Trinajstić information content (AvgIpc) is 2.96. The highest BCUT2D eigenvalue weighted by atomic mass is 32.1. The maximum Gasteiger partial charge on any atom is 0.241 e. The van der Waals surface area contributed by atoms with E-state index in [1.54, 1.807) is 11.3 Å². The summed E-state index contributed by atoms with van der Waals surface area (Å²) in [7, 11) is 0. The zero-order valence-corrected chi connectivity index (χ0v) is 11.9. The van der Waals surface area contributed by atoms with Crippen molar-refractivity contribution in [3.8, 4) is 0 Å². The maximum atomic E-state index is 12.2. The van der Waals surface area contributed by atoms with Gasteiger partial charge in [-0.15, -0.1) is 0 Å². The van der Waals surface area contributed by atoms with Gasteiger partial charge in [0, 0.05) is 6.61 Å². The van der Waals surface area contributed by atoms with Gasteiger partial charge in [-0.25, -0.2) is 0 Å². The van der Waals surface area contributed by atoms with Gasteiger partial charge in [0.25, 0.3) is 0 Å². The van der Waals surface area contributed by atoms with E-state index in [2.05, 4.69) is 16.8 Å². The van der Waals surface area contributed by atoms with Crippen LogP contribution in [0.5, 0.6) is 0 Å². The Hall–Kier alpha value is -0.910. The molecule has 0 aliphatic carbocycles. The fourth-order valence-corrected chi connectivity index (χ4v) is 2.95. The molecule has 3 unspecified atom stereocenters. The van der Waals surface area contributed by atoms with E-state index < -0.39 is 0 Å². The Bertz CT molecular complexity index is 394. The summed E-state index contributed by atoms with van der Waals surface area (Å²) in [5.74, 6) is 0.151. The summed E-state index contributed by atoms with van der Waals surface area (Å²) in [4.78, 5) is 14.1. The van der Waals surface area contributed by atoms with Crippen molar-refractivity contribution < 1.29 is 9.53 Å². The van der Waals surface area contributed by atoms with E-state index in [4.69, 9.17) is 4.74 Å². The van der Waals surface area contributed by atoms with Crippen LogP contribution in [0.2, 0.25) is 0 Å². The Balaban J connectivity index is 2.15. The largest absolute Gasteiger partial charge is 0.380 e. The summed E-state index contributed by atoms with van der Waals surface area (Å²) in [6.45, 7) is 7.17. The van der Waals surface area contributed by atoms with E-state index in [1.807, 2.05) is 31.1 Å². The first-order chi connectivity index (χ1) is 8.65. The molecule has 1 fully saturated rings. The van der Waals surface area contributed by atoms with Gasteiger partial charge in [-0.1, -0.05) is 0 Å². The minimum atomic E-state index is -0.126. The van der Waals surface area contributed by atoms with Crippen LogP contribution in [0.25, 0.3) is 0 Å². The molecule has 0 saturated carbocycles. The molecule has 100 valence electrons. The van der Waals surface area contributed by atoms with Crippen LogP contribution in [0.3, 0.4) is 0 Å². The minimum absolute atomic E-state index is 0.0193. The molecule has 18 heavy (non-hydrogen) atoms. The molecule has 0 aromatic carbocycles. The van der Waals surface area contributed by atoms with Crippen molar-refractivity contribution in [2.75, 3.05) is 13.2 Å². The second-order valence-electron chi connectivity index (χ2n) is 4.60. The van der Waals surface area contributed by atoms with Crippen molar-refractivity contribution in [3.63, 3.8) is 0 Å². The number of carbonyl (C=O) groups is 1. The van der Waals surface area contributed by atoms with E-state index in [9.17, 15) is 4.79 Å². The molecule has 1 aromatic rings. The Kier molecular flexibility index (Phi) is 4.37. The standard InChI is InChI=1S/C13H20N2O2S/c1-4-17-7-9(2)15-12(11-5-6-18-8-11)14-10(3)13(15)16/h5-6,8-10,12,14H,4,7H2,1-3H3. The lowest BCUT2D eigenvalue weighted by molar-refractivity contribution is -0.133. The van der Waals surface area contributed by atoms with Crippen molar-refractivity contribution in [2.45, 2.75) is 39.0 Å². The van der Waals surface area contributed by atoms with Gasteiger partial charge in [0.15, 0.2) is 0 Å². The molecule has 4 nitrogen and oxygen atoms in total. The summed E-state index contributed by atoms with van der Waals surface area (Å²) in [5, 5.41) is 7.47. The summed E-state index contributed by atoms with van der Waals surface area (Å²) in [5.41, 5.74) is 1.15. The Morgan fingerprint density at radius 2 is 2.39 bits per heavy atom. The quantitative estimate of drug-likeness (QED) is 0.888. The molecule has 0 bridgehead atoms. The third kappa shape index (κ3) is 2.58. The first-order valence-corrected chi connectivity index (χ1v) is 7.27. The second kappa shape index (κ2) is 5.82. The van der Waals surface area contributed by atoms with E-state index >= 15 is 0 Å². The van der Waals surface area contributed by atoms with Crippen LogP contribution >= 0.6 is 11.3 Å². The van der Waals surface area contributed by atoms with Crippen molar-refractivity contribution in [1.29, 1.82) is 0 Å². The van der Waals surface area contributed by atoms with E-state index in [0.717, 1.165) is 5.56 Å². The molecule has 1 aliphatic heterocycles. The Morgan fingerprint density at radius 1 is 1.61 bits per heavy atom. The van der Waals surface area contributed by atoms with Crippen LogP contribution in [-0.4, -0.2) is 36.1 Å². The predicted octanol–water partition coefficient (Wildman–Crippen LogP) is 1.99. The van der Waals surface area contributed by atoms with Gasteiger partial charge in [-0.3, -0.25) is 10.1 Å². The van der Waals surface area contributed by atoms with E-state index in [0.29, 0.717) is 13.2 Å². The van der Waals surface area contributed by atoms with Gasteiger partial charge in [0.2, 0.25) is 5.91 Å². The molecule has 2 heterocycles. The number of hydrogen-bond acceptors (Lipinski definition) is 4. The van der Waals surface area contributed by atoms with Crippen LogP contribution in [0.15, 0.2) is 16.8 Å². The lowest BCUT2D eigenvalue weighted by Crippen LogP contribution is -2.40. The molecule has 1 N–H and O–H groups in total. The second-order valence-corrected chi connectivity index (χ2v) is 5.38. The van der Waals surface area contributed by atoms with E-state index in [-0.39, 0.29) is 24.2 Å². The highest BCUT2D eigenvalue weighted by molar-refractivity contribution is 7.07. The molecule has 1 aromatic heterocycles. The van der Waals surface area contributed by atoms with Gasteiger partial charge in [-0.2, -0.15) is 11.3 Å². The molecule has 1 saturated heterocycles. The lowest BCUT2D eigenvalue weighted by Gasteiger charge is -2.29. The minimum Gasteiger partial charge on any atom is -0.380 e. The first-order valence-electron chi connectivity index (χ1n) is 6.33. The highest BCUT2D eigenvalue weighted by Gasteiger charge is 2.39. The Morgan fingerprint density at radius 3 is 3.00 bits per heavy atom. The number of rotatable bonds is 5. The third-order valence-corrected chi connectivity index (χ3v) is 3.91. The number of carbonyl (C=O) groups excluding carboxylic acids is 1. The lowest BCUT2D eigenvalue weighted by atomic mass is 10.2. The molecule has 3 atom stereocenters. The number of ether oxygens (including phenoxy) is 1. The zero-order valence-electron chi connectivity index (χ0n) is 11.1. The van der Waals surface area contributed by atoms with Gasteiger partial charge in [0.05, 0.1) is 18.7 Å². The molecule has 5 heteroatoms. The van der Waals surface area contributed by atoms with Gasteiger partial charge < -0.3 is 9.64 Å². The predicted molar refractivity (Wildman–Crippen MR) is 72.5 cm³/mol. The molecule has 0 spiro atoms. The monoisotopic (exact) mass is 268 g/mol. The molecule has 2 rings (SSSR count). The van der Waals surface area contributed by atoms with Crippen LogP contribution < -0.4 is 5.32 Å². The van der Waals surface area contributed by atoms with Gasteiger partial charge >= 0.3 is 0 Å². The number of thiophene rings is 1. The van der Waals surface area contributed by atoms with Crippen LogP contribution in [-0.2, 0) is 9.53 Å². The summed E-state index contributed by atoms with van der Waals surface area (Å²) < 4.78 is 5.44. The molecule has 1 amide bonds. The van der Waals surface area contributed by atoms with Crippen molar-refractivity contribution >= 4 is 17.2 Å². The normalized spacial score (nSPS) is 25.7. The molecular weight excluding hydrogens is 248 g/mol. The van der Waals surface area contributed by atoms with Crippen molar-refractivity contribution in [2.24, 2.45) is 0 Å². The maximum absolute atomic E-state index is 12.2. The molecule has 1 aliphatic rings. The number of hydrogen-bond donors (Lipinski definition) is 1. The number of amides is 1. The molecule has 0 radical (unpaired) electrons. The summed E-state index contributed by atoms with van der Waals surface area (Å²) in [6.07, 6.45) is -0.0193. The fourth-order valence-electron chi connectivity index (χ4n) is 2.27. The summed E-state index contributed by atoms with van der Waals surface area (Å²) >= 11 is 1.65. The highest BCUT2D eigenvalue weighted by Crippen LogP contribution is 2.28. The van der Waals surface area contributed by atoms with Crippen LogP contribution in [0.4, 0.5) is 0 Å². The van der Waals surface area contributed by atoms with Crippen molar-refractivity contribution in [1.82, 2.24) is 10.2 Å². The number of nitrogens with one attached hydrogen (secondary N) is 1. The summed E-state index contributed by atoms with van der Waals surface area (Å²) in [6, 6.07) is 2.02. The fraction of sp³-hybridized carbons (Fsp3) is 0.615. The van der Waals surface area contributed by atoms with E-state index in [1.165, 1.54) is 0 Å². The van der Waals surface area contributed by atoms with Crippen LogP contribution in [0.1, 0.15) is 32.5 Å². The molecular formula is C13H20N2O2S. The zero-order chi connectivity index (χ0) is 13.1.